The van der Waals surface area contributed by atoms with Crippen molar-refractivity contribution in [2.24, 2.45) is 0 Å². The number of benzene rings is 1. The lowest BCUT2D eigenvalue weighted by Crippen LogP contribution is -2.15. The normalized spacial score (nSPS) is 10.0. The molecule has 0 fully saturated rings. The minimum absolute atomic E-state index is 0.0741. The minimum Gasteiger partial charge on any atom is -0.465 e. The first-order chi connectivity index (χ1) is 11.0. The molecule has 0 saturated heterocycles. The SMILES string of the molecule is C=CCOC(=O)Nc1cc(-c2cccc(Cl)c2)sc1C(=O)OC. The molecule has 1 heterocycles. The van der Waals surface area contributed by atoms with E-state index in [9.17, 15) is 9.59 Å². The average Bonchev–Trinajstić information content (AvgIpc) is 2.96. The van der Waals surface area contributed by atoms with Crippen molar-refractivity contribution in [2.75, 3.05) is 19.0 Å². The van der Waals surface area contributed by atoms with Crippen LogP contribution in [-0.4, -0.2) is 25.8 Å². The van der Waals surface area contributed by atoms with Crippen LogP contribution < -0.4 is 5.32 Å². The Morgan fingerprint density at radius 2 is 2.17 bits per heavy atom. The Balaban J connectivity index is 2.34. The quantitative estimate of drug-likeness (QED) is 0.632. The van der Waals surface area contributed by atoms with Gasteiger partial charge in [0.1, 0.15) is 11.5 Å². The summed E-state index contributed by atoms with van der Waals surface area (Å²) in [4.78, 5) is 24.6. The first-order valence-corrected chi connectivity index (χ1v) is 7.77. The number of ether oxygens (including phenoxy) is 2. The number of amides is 1. The maximum absolute atomic E-state index is 11.9. The monoisotopic (exact) mass is 351 g/mol. The zero-order valence-electron chi connectivity index (χ0n) is 12.3. The molecule has 1 aromatic heterocycles. The third-order valence-corrected chi connectivity index (χ3v) is 4.18. The molecule has 0 saturated carbocycles. The summed E-state index contributed by atoms with van der Waals surface area (Å²) in [5.41, 5.74) is 1.16. The molecule has 0 unspecified atom stereocenters. The Bertz CT molecular complexity index is 741. The van der Waals surface area contributed by atoms with Gasteiger partial charge in [0.05, 0.1) is 12.8 Å². The fraction of sp³-hybridized carbons (Fsp3) is 0.125. The number of rotatable bonds is 5. The Morgan fingerprint density at radius 3 is 2.83 bits per heavy atom. The largest absolute Gasteiger partial charge is 0.465 e. The van der Waals surface area contributed by atoms with Gasteiger partial charge in [0.25, 0.3) is 0 Å². The number of anilines is 1. The smallest absolute Gasteiger partial charge is 0.411 e. The Morgan fingerprint density at radius 1 is 1.39 bits per heavy atom. The van der Waals surface area contributed by atoms with Crippen LogP contribution in [0.15, 0.2) is 43.0 Å². The lowest BCUT2D eigenvalue weighted by atomic mass is 10.2. The van der Waals surface area contributed by atoms with Crippen molar-refractivity contribution in [1.82, 2.24) is 0 Å². The zero-order chi connectivity index (χ0) is 16.8. The number of methoxy groups -OCH3 is 1. The molecule has 0 aliphatic carbocycles. The highest BCUT2D eigenvalue weighted by molar-refractivity contribution is 7.18. The predicted molar refractivity (Wildman–Crippen MR) is 91.3 cm³/mol. The second kappa shape index (κ2) is 7.80. The van der Waals surface area contributed by atoms with Crippen molar-refractivity contribution in [2.45, 2.75) is 0 Å². The summed E-state index contributed by atoms with van der Waals surface area (Å²) in [5.74, 6) is -0.540. The third-order valence-electron chi connectivity index (χ3n) is 2.78. The molecule has 0 bridgehead atoms. The van der Waals surface area contributed by atoms with Crippen molar-refractivity contribution in [1.29, 1.82) is 0 Å². The molecule has 0 spiro atoms. The zero-order valence-corrected chi connectivity index (χ0v) is 13.9. The van der Waals surface area contributed by atoms with Crippen molar-refractivity contribution in [3.8, 4) is 10.4 Å². The van der Waals surface area contributed by atoms with Crippen molar-refractivity contribution >= 4 is 40.7 Å². The van der Waals surface area contributed by atoms with Crippen LogP contribution >= 0.6 is 22.9 Å². The fourth-order valence-corrected chi connectivity index (χ4v) is 3.01. The number of carbonyl (C=O) groups is 2. The maximum Gasteiger partial charge on any atom is 0.411 e. The van der Waals surface area contributed by atoms with E-state index in [2.05, 4.69) is 11.9 Å². The van der Waals surface area contributed by atoms with Crippen LogP contribution in [0.1, 0.15) is 9.67 Å². The van der Waals surface area contributed by atoms with Crippen LogP contribution in [0.2, 0.25) is 5.02 Å². The lowest BCUT2D eigenvalue weighted by Gasteiger charge is -2.05. The predicted octanol–water partition coefficient (Wildman–Crippen LogP) is 4.59. The molecule has 120 valence electrons. The van der Waals surface area contributed by atoms with Crippen LogP contribution in [0.5, 0.6) is 0 Å². The number of carbonyl (C=O) groups excluding carboxylic acids is 2. The molecule has 0 aliphatic rings. The molecule has 5 nitrogen and oxygen atoms in total. The first kappa shape index (κ1) is 17.1. The summed E-state index contributed by atoms with van der Waals surface area (Å²) in [5, 5.41) is 3.11. The summed E-state index contributed by atoms with van der Waals surface area (Å²) in [6.07, 6.45) is 0.775. The molecule has 2 aromatic rings. The number of esters is 1. The highest BCUT2D eigenvalue weighted by Gasteiger charge is 2.20. The molecular weight excluding hydrogens is 338 g/mol. The highest BCUT2D eigenvalue weighted by atomic mass is 35.5. The summed E-state index contributed by atoms with van der Waals surface area (Å²) in [6, 6.07) is 8.87. The van der Waals surface area contributed by atoms with Gasteiger partial charge in [-0.25, -0.2) is 9.59 Å². The molecule has 7 heteroatoms. The van der Waals surface area contributed by atoms with Gasteiger partial charge in [-0.3, -0.25) is 5.32 Å². The Hall–Kier alpha value is -2.31. The third kappa shape index (κ3) is 4.34. The Labute approximate surface area is 142 Å². The number of hydrogen-bond acceptors (Lipinski definition) is 5. The van der Waals surface area contributed by atoms with E-state index in [1.165, 1.54) is 24.5 Å². The van der Waals surface area contributed by atoms with Crippen molar-refractivity contribution < 1.29 is 19.1 Å². The molecule has 1 N–H and O–H groups in total. The molecule has 23 heavy (non-hydrogen) atoms. The Kier molecular flexibility index (Phi) is 5.78. The van der Waals surface area contributed by atoms with Gasteiger partial charge in [-0.2, -0.15) is 0 Å². The molecule has 1 aromatic carbocycles. The van der Waals surface area contributed by atoms with E-state index in [4.69, 9.17) is 21.1 Å². The average molecular weight is 352 g/mol. The van der Waals surface area contributed by atoms with E-state index >= 15 is 0 Å². The summed E-state index contributed by atoms with van der Waals surface area (Å²) < 4.78 is 9.61. The van der Waals surface area contributed by atoms with Gasteiger partial charge in [-0.05, 0) is 23.8 Å². The van der Waals surface area contributed by atoms with Crippen LogP contribution in [0, 0.1) is 0 Å². The van der Waals surface area contributed by atoms with Gasteiger partial charge in [-0.15, -0.1) is 11.3 Å². The van der Waals surface area contributed by atoms with Gasteiger partial charge in [0.2, 0.25) is 0 Å². The van der Waals surface area contributed by atoms with E-state index in [1.807, 2.05) is 6.07 Å². The van der Waals surface area contributed by atoms with Gasteiger partial charge in [0.15, 0.2) is 0 Å². The van der Waals surface area contributed by atoms with E-state index in [1.54, 1.807) is 24.3 Å². The van der Waals surface area contributed by atoms with E-state index < -0.39 is 12.1 Å². The van der Waals surface area contributed by atoms with Crippen LogP contribution in [0.3, 0.4) is 0 Å². The van der Waals surface area contributed by atoms with Gasteiger partial charge >= 0.3 is 12.1 Å². The highest BCUT2D eigenvalue weighted by Crippen LogP contribution is 2.36. The summed E-state index contributed by atoms with van der Waals surface area (Å²) in [7, 11) is 1.28. The van der Waals surface area contributed by atoms with Crippen molar-refractivity contribution in [3.05, 3.63) is 52.9 Å². The standard InChI is InChI=1S/C16H14ClNO4S/c1-3-7-22-16(20)18-12-9-13(23-14(12)15(19)21-2)10-5-4-6-11(17)8-10/h3-6,8-9H,1,7H2,2H3,(H,18,20). The molecule has 0 atom stereocenters. The van der Waals surface area contributed by atoms with Crippen LogP contribution in [0.25, 0.3) is 10.4 Å². The van der Waals surface area contributed by atoms with Crippen LogP contribution in [-0.2, 0) is 9.47 Å². The van der Waals surface area contributed by atoms with Crippen LogP contribution in [0.4, 0.5) is 10.5 Å². The summed E-state index contributed by atoms with van der Waals surface area (Å²) >= 11 is 7.18. The maximum atomic E-state index is 11.9. The second-order valence-corrected chi connectivity index (χ2v) is 5.86. The molecule has 0 aliphatic heterocycles. The summed E-state index contributed by atoms with van der Waals surface area (Å²) in [6.45, 7) is 3.54. The number of nitrogens with one attached hydrogen (secondary N) is 1. The fourth-order valence-electron chi connectivity index (χ4n) is 1.79. The van der Waals surface area contributed by atoms with Crippen molar-refractivity contribution in [3.63, 3.8) is 0 Å². The number of hydrogen-bond donors (Lipinski definition) is 1. The molecule has 2 rings (SSSR count). The van der Waals surface area contributed by atoms with Gasteiger partial charge in [-0.1, -0.05) is 36.4 Å². The number of thiophene rings is 1. The van der Waals surface area contributed by atoms with E-state index in [-0.39, 0.29) is 11.5 Å². The molecule has 0 radical (unpaired) electrons. The molecule has 1 amide bonds. The van der Waals surface area contributed by atoms with E-state index in [0.717, 1.165) is 10.4 Å². The van der Waals surface area contributed by atoms with Gasteiger partial charge in [0, 0.05) is 9.90 Å². The van der Waals surface area contributed by atoms with Gasteiger partial charge < -0.3 is 9.47 Å². The number of halogens is 1. The molecular formula is C16H14ClNO4S. The first-order valence-electron chi connectivity index (χ1n) is 6.58. The van der Waals surface area contributed by atoms with E-state index in [0.29, 0.717) is 10.7 Å². The topological polar surface area (TPSA) is 64.6 Å². The second-order valence-electron chi connectivity index (χ2n) is 4.37. The minimum atomic E-state index is -0.675. The lowest BCUT2D eigenvalue weighted by molar-refractivity contribution is 0.0607.